The second kappa shape index (κ2) is 6.21. The zero-order valence-electron chi connectivity index (χ0n) is 13.8. The second-order valence-corrected chi connectivity index (χ2v) is 12.3. The first-order valence-corrected chi connectivity index (χ1v) is 10.6. The summed E-state index contributed by atoms with van der Waals surface area (Å²) in [5.41, 5.74) is 1.14. The highest BCUT2D eigenvalue weighted by Crippen LogP contribution is 2.40. The van der Waals surface area contributed by atoms with Crippen molar-refractivity contribution >= 4 is 8.32 Å². The first-order valence-electron chi connectivity index (χ1n) is 7.71. The quantitative estimate of drug-likeness (QED) is 0.842. The summed E-state index contributed by atoms with van der Waals surface area (Å²) >= 11 is 0. The van der Waals surface area contributed by atoms with E-state index in [9.17, 15) is 5.11 Å². The van der Waals surface area contributed by atoms with Crippen LogP contribution < -0.4 is 0 Å². The van der Waals surface area contributed by atoms with E-state index in [0.29, 0.717) is 13.2 Å². The van der Waals surface area contributed by atoms with Gasteiger partial charge in [-0.2, -0.15) is 0 Å². The molecule has 1 heterocycles. The fraction of sp³-hybridized carbons (Fsp3) is 0.647. The molecule has 0 aliphatic carbocycles. The molecular formula is C17H28O3Si. The van der Waals surface area contributed by atoms with E-state index in [-0.39, 0.29) is 17.1 Å². The number of aliphatic hydroxyl groups is 1. The van der Waals surface area contributed by atoms with E-state index < -0.39 is 14.4 Å². The molecule has 2 rings (SSSR count). The highest BCUT2D eigenvalue weighted by atomic mass is 28.4. The van der Waals surface area contributed by atoms with E-state index in [0.717, 1.165) is 5.56 Å². The van der Waals surface area contributed by atoms with Gasteiger partial charge in [-0.05, 0) is 23.7 Å². The standard InChI is InChI=1S/C17H28O3Si/c1-17(2,3)21(4,5)20-12-15(18)14-11-19-16(14)13-9-7-6-8-10-13/h6-10,14-16,18H,11-12H2,1-5H3/t14-,15?,16-/m1/s1. The van der Waals surface area contributed by atoms with Crippen LogP contribution in [0.4, 0.5) is 0 Å². The molecule has 4 heteroatoms. The Labute approximate surface area is 129 Å². The first-order chi connectivity index (χ1) is 9.72. The van der Waals surface area contributed by atoms with E-state index in [1.54, 1.807) is 0 Å². The lowest BCUT2D eigenvalue weighted by molar-refractivity contribution is -0.167. The number of benzene rings is 1. The Morgan fingerprint density at radius 1 is 1.29 bits per heavy atom. The topological polar surface area (TPSA) is 38.7 Å². The van der Waals surface area contributed by atoms with Crippen molar-refractivity contribution in [2.45, 2.75) is 51.1 Å². The Morgan fingerprint density at radius 3 is 2.38 bits per heavy atom. The summed E-state index contributed by atoms with van der Waals surface area (Å²) in [6.45, 7) is 12.1. The Kier molecular flexibility index (Phi) is 4.93. The number of hydrogen-bond acceptors (Lipinski definition) is 3. The summed E-state index contributed by atoms with van der Waals surface area (Å²) in [7, 11) is -1.80. The van der Waals surface area contributed by atoms with Gasteiger partial charge in [0.05, 0.1) is 25.4 Å². The van der Waals surface area contributed by atoms with Crippen LogP contribution in [0.15, 0.2) is 30.3 Å². The highest BCUT2D eigenvalue weighted by molar-refractivity contribution is 6.74. The summed E-state index contributed by atoms with van der Waals surface area (Å²) in [5, 5.41) is 10.6. The third-order valence-corrected chi connectivity index (χ3v) is 9.40. The van der Waals surface area contributed by atoms with E-state index >= 15 is 0 Å². The molecular weight excluding hydrogens is 280 g/mol. The molecule has 1 unspecified atom stereocenters. The van der Waals surface area contributed by atoms with Crippen LogP contribution in [0.2, 0.25) is 18.1 Å². The van der Waals surface area contributed by atoms with Crippen molar-refractivity contribution in [1.29, 1.82) is 0 Å². The van der Waals surface area contributed by atoms with Gasteiger partial charge in [-0.25, -0.2) is 0 Å². The van der Waals surface area contributed by atoms with Gasteiger partial charge in [-0.15, -0.1) is 0 Å². The van der Waals surface area contributed by atoms with Gasteiger partial charge < -0.3 is 14.3 Å². The van der Waals surface area contributed by atoms with Gasteiger partial charge in [0, 0.05) is 5.92 Å². The van der Waals surface area contributed by atoms with Crippen molar-refractivity contribution in [3.8, 4) is 0 Å². The maximum Gasteiger partial charge on any atom is 0.192 e. The highest BCUT2D eigenvalue weighted by Gasteiger charge is 2.41. The summed E-state index contributed by atoms with van der Waals surface area (Å²) in [5.74, 6) is 0.136. The first kappa shape index (κ1) is 16.7. The second-order valence-electron chi connectivity index (χ2n) is 7.47. The van der Waals surface area contributed by atoms with Gasteiger partial charge >= 0.3 is 0 Å². The molecule has 1 N–H and O–H groups in total. The van der Waals surface area contributed by atoms with E-state index in [2.05, 4.69) is 46.0 Å². The molecule has 3 nitrogen and oxygen atoms in total. The van der Waals surface area contributed by atoms with Gasteiger partial charge in [0.1, 0.15) is 0 Å². The summed E-state index contributed by atoms with van der Waals surface area (Å²) in [4.78, 5) is 0. The fourth-order valence-corrected chi connectivity index (χ4v) is 3.26. The third kappa shape index (κ3) is 3.75. The van der Waals surface area contributed by atoms with Crippen molar-refractivity contribution in [3.63, 3.8) is 0 Å². The number of ether oxygens (including phenoxy) is 1. The van der Waals surface area contributed by atoms with E-state index in [1.165, 1.54) is 0 Å². The molecule has 1 aromatic rings. The molecule has 1 aliphatic rings. The molecule has 1 fully saturated rings. The fourth-order valence-electron chi connectivity index (χ4n) is 2.24. The average molecular weight is 308 g/mol. The Balaban J connectivity index is 1.91. The number of aliphatic hydroxyl groups excluding tert-OH is 1. The van der Waals surface area contributed by atoms with Gasteiger partial charge in [0.15, 0.2) is 8.32 Å². The monoisotopic (exact) mass is 308 g/mol. The van der Waals surface area contributed by atoms with Gasteiger partial charge in [0.25, 0.3) is 0 Å². The van der Waals surface area contributed by atoms with Crippen LogP contribution >= 0.6 is 0 Å². The molecule has 21 heavy (non-hydrogen) atoms. The molecule has 0 aromatic heterocycles. The minimum Gasteiger partial charge on any atom is -0.414 e. The lowest BCUT2D eigenvalue weighted by Gasteiger charge is -2.42. The number of hydrogen-bond donors (Lipinski definition) is 1. The van der Waals surface area contributed by atoms with Crippen molar-refractivity contribution in [2.24, 2.45) is 5.92 Å². The lowest BCUT2D eigenvalue weighted by atomic mass is 9.87. The zero-order valence-corrected chi connectivity index (χ0v) is 14.8. The molecule has 0 saturated carbocycles. The van der Waals surface area contributed by atoms with Crippen LogP contribution in [-0.4, -0.2) is 32.7 Å². The molecule has 1 aliphatic heterocycles. The molecule has 1 aromatic carbocycles. The summed E-state index contributed by atoms with van der Waals surface area (Å²) in [6.07, 6.45) is -0.456. The van der Waals surface area contributed by atoms with Gasteiger partial charge in [-0.3, -0.25) is 0 Å². The van der Waals surface area contributed by atoms with Crippen molar-refractivity contribution < 1.29 is 14.3 Å². The Morgan fingerprint density at radius 2 is 1.90 bits per heavy atom. The normalized spacial score (nSPS) is 24.5. The molecule has 0 bridgehead atoms. The van der Waals surface area contributed by atoms with Crippen LogP contribution in [0.3, 0.4) is 0 Å². The molecule has 0 spiro atoms. The van der Waals surface area contributed by atoms with Crippen LogP contribution in [0, 0.1) is 5.92 Å². The largest absolute Gasteiger partial charge is 0.414 e. The Hall–Kier alpha value is -0.683. The molecule has 0 radical (unpaired) electrons. The van der Waals surface area contributed by atoms with Crippen LogP contribution in [-0.2, 0) is 9.16 Å². The van der Waals surface area contributed by atoms with Gasteiger partial charge in [0.2, 0.25) is 0 Å². The molecule has 118 valence electrons. The van der Waals surface area contributed by atoms with Crippen LogP contribution in [0.1, 0.15) is 32.4 Å². The predicted molar refractivity (Wildman–Crippen MR) is 87.8 cm³/mol. The number of rotatable bonds is 5. The van der Waals surface area contributed by atoms with Crippen molar-refractivity contribution in [3.05, 3.63) is 35.9 Å². The molecule has 3 atom stereocenters. The minimum absolute atomic E-state index is 0.00390. The van der Waals surface area contributed by atoms with Crippen molar-refractivity contribution in [2.75, 3.05) is 13.2 Å². The minimum atomic E-state index is -1.80. The lowest BCUT2D eigenvalue weighted by Crippen LogP contribution is -2.47. The van der Waals surface area contributed by atoms with Crippen LogP contribution in [0.5, 0.6) is 0 Å². The molecule has 0 amide bonds. The zero-order chi connectivity index (χ0) is 15.7. The maximum atomic E-state index is 10.4. The van der Waals surface area contributed by atoms with Crippen LogP contribution in [0.25, 0.3) is 0 Å². The summed E-state index contributed by atoms with van der Waals surface area (Å²) in [6, 6.07) is 10.1. The molecule has 1 saturated heterocycles. The SMILES string of the molecule is CC(C)(C)[Si](C)(C)OCC(O)[C@H]1CO[C@@H]1c1ccccc1. The third-order valence-electron chi connectivity index (χ3n) is 4.90. The summed E-state index contributed by atoms with van der Waals surface area (Å²) < 4.78 is 11.8. The van der Waals surface area contributed by atoms with Gasteiger partial charge in [-0.1, -0.05) is 51.1 Å². The van der Waals surface area contributed by atoms with Crippen molar-refractivity contribution in [1.82, 2.24) is 0 Å². The smallest absolute Gasteiger partial charge is 0.192 e. The Bertz CT molecular complexity index is 453. The predicted octanol–water partition coefficient (Wildman–Crippen LogP) is 3.76. The maximum absolute atomic E-state index is 10.4. The average Bonchev–Trinajstić information content (AvgIpc) is 2.35. The van der Waals surface area contributed by atoms with E-state index in [1.807, 2.05) is 18.2 Å². The van der Waals surface area contributed by atoms with E-state index in [4.69, 9.17) is 9.16 Å².